The van der Waals surface area contributed by atoms with Gasteiger partial charge in [0.1, 0.15) is 5.82 Å². The Morgan fingerprint density at radius 3 is 2.43 bits per heavy atom. The van der Waals surface area contributed by atoms with E-state index in [4.69, 9.17) is 0 Å². The number of likely N-dealkylation sites (tertiary alicyclic amines) is 1. The molecule has 1 aromatic carbocycles. The van der Waals surface area contributed by atoms with Gasteiger partial charge in [-0.05, 0) is 57.4 Å². The Kier molecular flexibility index (Phi) is 7.14. The zero-order chi connectivity index (χ0) is 24.9. The van der Waals surface area contributed by atoms with Crippen LogP contribution in [0.3, 0.4) is 0 Å². The molecule has 0 unspecified atom stereocenters. The number of nitrogens with one attached hydrogen (secondary N) is 5. The number of carbonyl (C=O) groups is 2. The molecule has 0 radical (unpaired) electrons. The van der Waals surface area contributed by atoms with Gasteiger partial charge in [0, 0.05) is 61.0 Å². The van der Waals surface area contributed by atoms with E-state index in [1.54, 1.807) is 11.8 Å². The number of anilines is 5. The lowest BCUT2D eigenvalue weighted by molar-refractivity contribution is -0.129. The van der Waals surface area contributed by atoms with E-state index in [1.807, 2.05) is 51.1 Å². The van der Waals surface area contributed by atoms with E-state index in [0.717, 1.165) is 35.5 Å². The van der Waals surface area contributed by atoms with E-state index in [2.05, 4.69) is 41.4 Å². The molecule has 0 atom stereocenters. The minimum atomic E-state index is -0.252. The minimum Gasteiger partial charge on any atom is -0.343 e. The van der Waals surface area contributed by atoms with Crippen molar-refractivity contribution in [3.8, 4) is 0 Å². The van der Waals surface area contributed by atoms with Crippen LogP contribution >= 0.6 is 0 Å². The third-order valence-corrected chi connectivity index (χ3v) is 5.82. The summed E-state index contributed by atoms with van der Waals surface area (Å²) in [5.41, 5.74) is 4.21. The molecular weight excluding hydrogens is 446 g/mol. The van der Waals surface area contributed by atoms with Gasteiger partial charge < -0.3 is 26.2 Å². The molecule has 5 N–H and O–H groups in total. The maximum atomic E-state index is 12.5. The fraction of sp³-hybridized carbons (Fsp3) is 0.375. The van der Waals surface area contributed by atoms with E-state index in [-0.39, 0.29) is 18.0 Å². The number of aryl methyl sites for hydroxylation is 3. The zero-order valence-corrected chi connectivity index (χ0v) is 20.4. The van der Waals surface area contributed by atoms with Crippen LogP contribution in [0.4, 0.5) is 33.8 Å². The second-order valence-electron chi connectivity index (χ2n) is 8.81. The molecule has 3 aromatic rings. The number of H-pyrrole nitrogens is 1. The number of aromatic amines is 1. The summed E-state index contributed by atoms with van der Waals surface area (Å²) < 4.78 is 0. The maximum absolute atomic E-state index is 12.5. The van der Waals surface area contributed by atoms with Gasteiger partial charge in [-0.3, -0.25) is 9.89 Å². The number of piperidine rings is 1. The van der Waals surface area contributed by atoms with Crippen molar-refractivity contribution in [2.45, 2.75) is 46.6 Å². The van der Waals surface area contributed by atoms with Crippen LogP contribution in [-0.4, -0.2) is 56.1 Å². The molecule has 3 heterocycles. The van der Waals surface area contributed by atoms with Gasteiger partial charge >= 0.3 is 6.03 Å². The lowest BCUT2D eigenvalue weighted by Gasteiger charge is -2.31. The average molecular weight is 478 g/mol. The van der Waals surface area contributed by atoms with Crippen LogP contribution < -0.4 is 21.3 Å². The predicted octanol–water partition coefficient (Wildman–Crippen LogP) is 3.74. The molecule has 1 aliphatic heterocycles. The summed E-state index contributed by atoms with van der Waals surface area (Å²) in [5.74, 6) is 1.85. The molecule has 1 fully saturated rings. The highest BCUT2D eigenvalue weighted by molar-refractivity contribution is 5.90. The van der Waals surface area contributed by atoms with Crippen molar-refractivity contribution in [1.29, 1.82) is 0 Å². The Morgan fingerprint density at radius 2 is 1.77 bits per heavy atom. The van der Waals surface area contributed by atoms with Crippen molar-refractivity contribution >= 4 is 40.9 Å². The topological polar surface area (TPSA) is 140 Å². The van der Waals surface area contributed by atoms with Crippen molar-refractivity contribution in [3.63, 3.8) is 0 Å². The molecule has 0 saturated carbocycles. The molecule has 3 amide bonds. The Balaban J connectivity index is 1.35. The Morgan fingerprint density at radius 1 is 1.00 bits per heavy atom. The summed E-state index contributed by atoms with van der Waals surface area (Å²) in [6, 6.07) is 9.14. The Hall–Kier alpha value is -4.15. The predicted molar refractivity (Wildman–Crippen MR) is 135 cm³/mol. The van der Waals surface area contributed by atoms with Gasteiger partial charge in [-0.1, -0.05) is 0 Å². The number of aromatic nitrogens is 4. The molecule has 184 valence electrons. The molecule has 11 heteroatoms. The summed E-state index contributed by atoms with van der Waals surface area (Å²) in [6.07, 6.45) is 1.50. The van der Waals surface area contributed by atoms with Crippen LogP contribution in [0.5, 0.6) is 0 Å². The molecular formula is C24H31N9O2. The lowest BCUT2D eigenvalue weighted by atomic mass is 10.1. The summed E-state index contributed by atoms with van der Waals surface area (Å²) in [4.78, 5) is 34.7. The third-order valence-electron chi connectivity index (χ3n) is 5.82. The van der Waals surface area contributed by atoms with E-state index in [9.17, 15) is 9.59 Å². The first-order chi connectivity index (χ1) is 16.7. The summed E-state index contributed by atoms with van der Waals surface area (Å²) >= 11 is 0. The smallest absolute Gasteiger partial charge is 0.319 e. The van der Waals surface area contributed by atoms with E-state index in [1.165, 1.54) is 0 Å². The zero-order valence-electron chi connectivity index (χ0n) is 20.4. The molecule has 35 heavy (non-hydrogen) atoms. The van der Waals surface area contributed by atoms with Crippen molar-refractivity contribution in [2.75, 3.05) is 29.0 Å². The summed E-state index contributed by atoms with van der Waals surface area (Å²) in [7, 11) is 0. The highest BCUT2D eigenvalue weighted by atomic mass is 16.2. The van der Waals surface area contributed by atoms with Crippen molar-refractivity contribution < 1.29 is 9.59 Å². The monoisotopic (exact) mass is 477 g/mol. The Bertz CT molecular complexity index is 1220. The normalized spacial score (nSPS) is 13.9. The standard InChI is InChI=1S/C24H31N9O2/c1-14-11-19(27-24(35)26-18-7-9-33(10-8-18)17(4)34)5-6-20(14)28-23-25-15(2)12-21(30-23)29-22-13-16(3)31-32-22/h5-6,11-13,18H,7-10H2,1-4H3,(H2,26,27,35)(H3,25,28,29,30,31,32). The van der Waals surface area contributed by atoms with E-state index >= 15 is 0 Å². The van der Waals surface area contributed by atoms with E-state index < -0.39 is 0 Å². The van der Waals surface area contributed by atoms with Crippen LogP contribution in [0, 0.1) is 20.8 Å². The molecule has 0 aliphatic carbocycles. The van der Waals surface area contributed by atoms with Gasteiger partial charge in [0.2, 0.25) is 11.9 Å². The first-order valence-corrected chi connectivity index (χ1v) is 11.6. The van der Waals surface area contributed by atoms with Gasteiger partial charge in [0.15, 0.2) is 5.82 Å². The summed E-state index contributed by atoms with van der Waals surface area (Å²) in [5, 5.41) is 19.4. The number of amides is 3. The second kappa shape index (κ2) is 10.4. The maximum Gasteiger partial charge on any atom is 0.319 e. The number of carbonyl (C=O) groups excluding carboxylic acids is 2. The average Bonchev–Trinajstić information content (AvgIpc) is 3.20. The van der Waals surface area contributed by atoms with Crippen molar-refractivity contribution in [3.05, 3.63) is 47.3 Å². The fourth-order valence-corrected chi connectivity index (χ4v) is 4.00. The molecule has 0 spiro atoms. The number of hydrogen-bond acceptors (Lipinski definition) is 7. The van der Waals surface area contributed by atoms with Crippen LogP contribution in [0.1, 0.15) is 36.7 Å². The fourth-order valence-electron chi connectivity index (χ4n) is 4.00. The van der Waals surface area contributed by atoms with Crippen LogP contribution in [0.2, 0.25) is 0 Å². The second-order valence-corrected chi connectivity index (χ2v) is 8.81. The largest absolute Gasteiger partial charge is 0.343 e. The number of hydrogen-bond donors (Lipinski definition) is 5. The van der Waals surface area contributed by atoms with Gasteiger partial charge in [-0.25, -0.2) is 9.78 Å². The van der Waals surface area contributed by atoms with Crippen LogP contribution in [0.15, 0.2) is 30.3 Å². The molecule has 2 aromatic heterocycles. The number of urea groups is 1. The van der Waals surface area contributed by atoms with E-state index in [0.29, 0.717) is 36.4 Å². The molecule has 1 aliphatic rings. The number of rotatable bonds is 6. The molecule has 4 rings (SSSR count). The van der Waals surface area contributed by atoms with Gasteiger partial charge in [0.25, 0.3) is 0 Å². The number of nitrogens with zero attached hydrogens (tertiary/aromatic N) is 4. The van der Waals surface area contributed by atoms with Crippen molar-refractivity contribution in [1.82, 2.24) is 30.4 Å². The SMILES string of the molecule is CC(=O)N1CCC(NC(=O)Nc2ccc(Nc3nc(C)cc(Nc4cc(C)[nH]n4)n3)c(C)c2)CC1. The quantitative estimate of drug-likeness (QED) is 0.364. The molecule has 11 nitrogen and oxygen atoms in total. The van der Waals surface area contributed by atoms with Crippen molar-refractivity contribution in [2.24, 2.45) is 0 Å². The van der Waals surface area contributed by atoms with Gasteiger partial charge in [-0.2, -0.15) is 10.1 Å². The first kappa shape index (κ1) is 24.0. The van der Waals surface area contributed by atoms with Gasteiger partial charge in [0.05, 0.1) is 0 Å². The lowest BCUT2D eigenvalue weighted by Crippen LogP contribution is -2.47. The Labute approximate surface area is 204 Å². The first-order valence-electron chi connectivity index (χ1n) is 11.6. The molecule has 0 bridgehead atoms. The van der Waals surface area contributed by atoms with Crippen LogP contribution in [0.25, 0.3) is 0 Å². The highest BCUT2D eigenvalue weighted by Crippen LogP contribution is 2.24. The van der Waals surface area contributed by atoms with Crippen LogP contribution in [-0.2, 0) is 4.79 Å². The third kappa shape index (κ3) is 6.46. The minimum absolute atomic E-state index is 0.0549. The van der Waals surface area contributed by atoms with Gasteiger partial charge in [-0.15, -0.1) is 0 Å². The molecule has 1 saturated heterocycles. The summed E-state index contributed by atoms with van der Waals surface area (Å²) in [6.45, 7) is 8.68. The highest BCUT2D eigenvalue weighted by Gasteiger charge is 2.22. The number of benzene rings is 1.